The van der Waals surface area contributed by atoms with Gasteiger partial charge in [-0.05, 0) is 13.3 Å². The zero-order valence-electron chi connectivity index (χ0n) is 6.35. The van der Waals surface area contributed by atoms with Gasteiger partial charge >= 0.3 is 0 Å². The maximum absolute atomic E-state index is 10.5. The Balaban J connectivity index is 3.99. The van der Waals surface area contributed by atoms with Crippen LogP contribution >= 0.6 is 0 Å². The molecule has 0 atom stereocenters. The highest BCUT2D eigenvalue weighted by atomic mass is 16.1. The quantitative estimate of drug-likeness (QED) is 0.557. The molecule has 0 aromatic carbocycles. The number of allylic oxidation sites excluding steroid dienone is 2. The van der Waals surface area contributed by atoms with Crippen molar-refractivity contribution in [1.29, 1.82) is 5.26 Å². The predicted molar refractivity (Wildman–Crippen MR) is 39.3 cm³/mol. The SMILES string of the molecule is CC/C=C(/C#N)CC(C)=O. The van der Waals surface area contributed by atoms with E-state index in [0.29, 0.717) is 5.57 Å². The molecule has 0 heterocycles. The van der Waals surface area contributed by atoms with Crippen LogP contribution in [0.25, 0.3) is 0 Å². The molecule has 0 amide bonds. The fraction of sp³-hybridized carbons (Fsp3) is 0.500. The summed E-state index contributed by atoms with van der Waals surface area (Å²) in [4.78, 5) is 10.5. The van der Waals surface area contributed by atoms with Crippen LogP contribution in [-0.4, -0.2) is 5.78 Å². The zero-order valence-corrected chi connectivity index (χ0v) is 6.35. The van der Waals surface area contributed by atoms with E-state index in [9.17, 15) is 4.79 Å². The monoisotopic (exact) mass is 137 g/mol. The minimum Gasteiger partial charge on any atom is -0.300 e. The van der Waals surface area contributed by atoms with E-state index in [1.165, 1.54) is 6.92 Å². The maximum Gasteiger partial charge on any atom is 0.134 e. The van der Waals surface area contributed by atoms with Crippen LogP contribution in [0.15, 0.2) is 11.6 Å². The lowest BCUT2D eigenvalue weighted by Gasteiger charge is -1.90. The molecular weight excluding hydrogens is 126 g/mol. The van der Waals surface area contributed by atoms with E-state index in [4.69, 9.17) is 5.26 Å². The number of nitrogens with zero attached hydrogens (tertiary/aromatic N) is 1. The second kappa shape index (κ2) is 4.75. The molecule has 0 saturated carbocycles. The lowest BCUT2D eigenvalue weighted by atomic mass is 10.1. The number of hydrogen-bond acceptors (Lipinski definition) is 2. The molecule has 0 radical (unpaired) electrons. The highest BCUT2D eigenvalue weighted by Gasteiger charge is 1.97. The summed E-state index contributed by atoms with van der Waals surface area (Å²) < 4.78 is 0. The Morgan fingerprint density at radius 1 is 1.70 bits per heavy atom. The molecule has 54 valence electrons. The standard InChI is InChI=1S/C8H11NO/c1-3-4-8(6-9)5-7(2)10/h4H,3,5H2,1-2H3/b8-4+. The number of rotatable bonds is 3. The van der Waals surface area contributed by atoms with Gasteiger partial charge in [-0.3, -0.25) is 4.79 Å². The average molecular weight is 137 g/mol. The average Bonchev–Trinajstić information content (AvgIpc) is 1.86. The number of Topliss-reactive ketones (excluding diaryl/α,β-unsaturated/α-hetero) is 1. The normalized spacial score (nSPS) is 10.7. The molecule has 2 nitrogen and oxygen atoms in total. The largest absolute Gasteiger partial charge is 0.300 e. The van der Waals surface area contributed by atoms with Crippen LogP contribution in [0, 0.1) is 11.3 Å². The predicted octanol–water partition coefficient (Wildman–Crippen LogP) is 1.83. The van der Waals surface area contributed by atoms with Gasteiger partial charge in [0.2, 0.25) is 0 Å². The van der Waals surface area contributed by atoms with Crippen LogP contribution < -0.4 is 0 Å². The second-order valence-corrected chi connectivity index (χ2v) is 2.13. The summed E-state index contributed by atoms with van der Waals surface area (Å²) in [5, 5.41) is 8.44. The summed E-state index contributed by atoms with van der Waals surface area (Å²) in [6, 6.07) is 1.97. The first-order chi connectivity index (χ1) is 4.70. The first kappa shape index (κ1) is 8.90. The number of carbonyl (C=O) groups excluding carboxylic acids is 1. The fourth-order valence-corrected chi connectivity index (χ4v) is 0.672. The minimum atomic E-state index is 0.0428. The molecule has 0 N–H and O–H groups in total. The van der Waals surface area contributed by atoms with E-state index in [0.717, 1.165) is 6.42 Å². The van der Waals surface area contributed by atoms with Gasteiger partial charge in [0.1, 0.15) is 5.78 Å². The first-order valence-electron chi connectivity index (χ1n) is 3.29. The Labute approximate surface area is 61.2 Å². The molecule has 0 aromatic heterocycles. The van der Waals surface area contributed by atoms with E-state index in [-0.39, 0.29) is 12.2 Å². The third kappa shape index (κ3) is 3.85. The van der Waals surface area contributed by atoms with Crippen molar-refractivity contribution >= 4 is 5.78 Å². The topological polar surface area (TPSA) is 40.9 Å². The summed E-state index contributed by atoms with van der Waals surface area (Å²) in [7, 11) is 0. The molecule has 0 aliphatic rings. The van der Waals surface area contributed by atoms with Gasteiger partial charge in [0.05, 0.1) is 6.07 Å². The van der Waals surface area contributed by atoms with Gasteiger partial charge in [0.25, 0.3) is 0 Å². The van der Waals surface area contributed by atoms with Crippen molar-refractivity contribution in [3.05, 3.63) is 11.6 Å². The lowest BCUT2D eigenvalue weighted by molar-refractivity contribution is -0.116. The highest BCUT2D eigenvalue weighted by Crippen LogP contribution is 2.00. The third-order valence-corrected chi connectivity index (χ3v) is 1.03. The smallest absolute Gasteiger partial charge is 0.134 e. The molecule has 0 unspecified atom stereocenters. The van der Waals surface area contributed by atoms with Gasteiger partial charge in [0, 0.05) is 12.0 Å². The Kier molecular flexibility index (Phi) is 4.23. The number of carbonyl (C=O) groups is 1. The molecule has 0 bridgehead atoms. The molecule has 0 aromatic rings. The maximum atomic E-state index is 10.5. The number of nitriles is 1. The van der Waals surface area contributed by atoms with Crippen molar-refractivity contribution < 1.29 is 4.79 Å². The fourth-order valence-electron chi connectivity index (χ4n) is 0.672. The summed E-state index contributed by atoms with van der Waals surface area (Å²) in [6.45, 7) is 3.43. The Hall–Kier alpha value is -1.10. The number of ketones is 1. The van der Waals surface area contributed by atoms with Crippen molar-refractivity contribution in [2.24, 2.45) is 0 Å². The molecule has 0 saturated heterocycles. The van der Waals surface area contributed by atoms with E-state index in [2.05, 4.69) is 0 Å². The van der Waals surface area contributed by atoms with Gasteiger partial charge in [-0.1, -0.05) is 13.0 Å². The summed E-state index contributed by atoms with van der Waals surface area (Å²) in [6.07, 6.45) is 2.88. The highest BCUT2D eigenvalue weighted by molar-refractivity contribution is 5.79. The molecule has 0 spiro atoms. The lowest BCUT2D eigenvalue weighted by Crippen LogP contribution is -1.91. The molecule has 2 heteroatoms. The molecule has 0 rings (SSSR count). The number of hydrogen-bond donors (Lipinski definition) is 0. The Bertz CT molecular complexity index is 186. The van der Waals surface area contributed by atoms with Crippen LogP contribution in [0.1, 0.15) is 26.7 Å². The van der Waals surface area contributed by atoms with Crippen LogP contribution in [0.4, 0.5) is 0 Å². The first-order valence-corrected chi connectivity index (χ1v) is 3.29. The molecule has 10 heavy (non-hydrogen) atoms. The Morgan fingerprint density at radius 2 is 2.30 bits per heavy atom. The van der Waals surface area contributed by atoms with E-state index >= 15 is 0 Å². The van der Waals surface area contributed by atoms with Gasteiger partial charge in [0.15, 0.2) is 0 Å². The third-order valence-electron chi connectivity index (χ3n) is 1.03. The van der Waals surface area contributed by atoms with Gasteiger partial charge in [-0.25, -0.2) is 0 Å². The van der Waals surface area contributed by atoms with Gasteiger partial charge < -0.3 is 0 Å². The van der Waals surface area contributed by atoms with Crippen molar-refractivity contribution in [3.8, 4) is 6.07 Å². The van der Waals surface area contributed by atoms with Crippen LogP contribution in [0.2, 0.25) is 0 Å². The molecule has 0 fully saturated rings. The second-order valence-electron chi connectivity index (χ2n) is 2.13. The van der Waals surface area contributed by atoms with Crippen LogP contribution in [0.3, 0.4) is 0 Å². The van der Waals surface area contributed by atoms with Gasteiger partial charge in [-0.2, -0.15) is 5.26 Å². The summed E-state index contributed by atoms with van der Waals surface area (Å²) >= 11 is 0. The zero-order chi connectivity index (χ0) is 7.98. The van der Waals surface area contributed by atoms with Crippen LogP contribution in [-0.2, 0) is 4.79 Å². The van der Waals surface area contributed by atoms with Crippen molar-refractivity contribution in [1.82, 2.24) is 0 Å². The minimum absolute atomic E-state index is 0.0428. The van der Waals surface area contributed by atoms with Crippen LogP contribution in [0.5, 0.6) is 0 Å². The summed E-state index contributed by atoms with van der Waals surface area (Å²) in [5.41, 5.74) is 0.579. The van der Waals surface area contributed by atoms with Crippen molar-refractivity contribution in [3.63, 3.8) is 0 Å². The Morgan fingerprint density at radius 3 is 2.60 bits per heavy atom. The summed E-state index contributed by atoms with van der Waals surface area (Å²) in [5.74, 6) is 0.0428. The van der Waals surface area contributed by atoms with Crippen molar-refractivity contribution in [2.75, 3.05) is 0 Å². The van der Waals surface area contributed by atoms with Gasteiger partial charge in [-0.15, -0.1) is 0 Å². The van der Waals surface area contributed by atoms with E-state index < -0.39 is 0 Å². The van der Waals surface area contributed by atoms with E-state index in [1.54, 1.807) is 6.08 Å². The molecule has 0 aliphatic carbocycles. The van der Waals surface area contributed by atoms with E-state index in [1.807, 2.05) is 13.0 Å². The van der Waals surface area contributed by atoms with Crippen molar-refractivity contribution in [2.45, 2.75) is 26.7 Å². The molecule has 0 aliphatic heterocycles. The molecular formula is C8H11NO.